The Morgan fingerprint density at radius 2 is 2.14 bits per heavy atom. The summed E-state index contributed by atoms with van der Waals surface area (Å²) in [4.78, 5) is 11.2. The molecular weight excluding hydrogens is 185 g/mol. The first-order chi connectivity index (χ1) is 6.58. The van der Waals surface area contributed by atoms with Gasteiger partial charge in [-0.15, -0.1) is 0 Å². The first-order valence-electron chi connectivity index (χ1n) is 4.24. The van der Waals surface area contributed by atoms with Crippen LogP contribution in [0.3, 0.4) is 0 Å². The average Bonchev–Trinajstić information content (AvgIpc) is 2.11. The Morgan fingerprint density at radius 1 is 1.43 bits per heavy atom. The van der Waals surface area contributed by atoms with Crippen molar-refractivity contribution in [2.24, 2.45) is 0 Å². The van der Waals surface area contributed by atoms with E-state index in [1.807, 2.05) is 0 Å². The summed E-state index contributed by atoms with van der Waals surface area (Å²) in [5, 5.41) is 5.50. The number of hydrogen-bond acceptors (Lipinski definition) is 3. The SMILES string of the molecule is CC1Nc2cc(N)c(F)cc2NC1=O. The minimum absolute atomic E-state index is 0.0691. The lowest BCUT2D eigenvalue weighted by Gasteiger charge is -2.24. The van der Waals surface area contributed by atoms with Crippen LogP contribution in [-0.4, -0.2) is 11.9 Å². The molecule has 0 aliphatic carbocycles. The number of fused-ring (bicyclic) bond motifs is 1. The highest BCUT2D eigenvalue weighted by Gasteiger charge is 2.22. The maximum Gasteiger partial charge on any atom is 0.246 e. The van der Waals surface area contributed by atoms with E-state index in [4.69, 9.17) is 5.73 Å². The third kappa shape index (κ3) is 1.26. The predicted molar refractivity (Wildman–Crippen MR) is 52.5 cm³/mol. The van der Waals surface area contributed by atoms with Crippen LogP contribution in [0.1, 0.15) is 6.92 Å². The van der Waals surface area contributed by atoms with E-state index in [0.717, 1.165) is 0 Å². The molecule has 1 unspecified atom stereocenters. The largest absolute Gasteiger partial charge is 0.396 e. The summed E-state index contributed by atoms with van der Waals surface area (Å²) >= 11 is 0. The molecule has 0 spiro atoms. The molecule has 4 nitrogen and oxygen atoms in total. The van der Waals surface area contributed by atoms with Gasteiger partial charge in [-0.05, 0) is 13.0 Å². The molecular formula is C9H10FN3O. The van der Waals surface area contributed by atoms with Gasteiger partial charge in [0, 0.05) is 6.07 Å². The number of hydrogen-bond donors (Lipinski definition) is 3. The van der Waals surface area contributed by atoms with Gasteiger partial charge < -0.3 is 16.4 Å². The fourth-order valence-corrected chi connectivity index (χ4v) is 1.35. The van der Waals surface area contributed by atoms with Crippen molar-refractivity contribution in [3.8, 4) is 0 Å². The van der Waals surface area contributed by atoms with Gasteiger partial charge in [-0.1, -0.05) is 0 Å². The van der Waals surface area contributed by atoms with Crippen LogP contribution in [0.2, 0.25) is 0 Å². The van der Waals surface area contributed by atoms with Gasteiger partial charge in [0.05, 0.1) is 17.1 Å². The molecule has 0 fully saturated rings. The number of nitrogens with two attached hydrogens (primary N) is 1. The number of benzene rings is 1. The van der Waals surface area contributed by atoms with Gasteiger partial charge in [0.1, 0.15) is 11.9 Å². The fourth-order valence-electron chi connectivity index (χ4n) is 1.35. The van der Waals surface area contributed by atoms with E-state index in [0.29, 0.717) is 11.4 Å². The van der Waals surface area contributed by atoms with E-state index < -0.39 is 5.82 Å². The quantitative estimate of drug-likeness (QED) is 0.544. The molecule has 1 atom stereocenters. The standard InChI is InChI=1S/C9H10FN3O/c1-4-9(14)13-7-2-5(10)6(11)3-8(7)12-4/h2-4,12H,11H2,1H3,(H,13,14). The van der Waals surface area contributed by atoms with E-state index in [-0.39, 0.29) is 17.6 Å². The third-order valence-corrected chi connectivity index (χ3v) is 2.16. The Balaban J connectivity index is 2.47. The second-order valence-electron chi connectivity index (χ2n) is 3.27. The Hall–Kier alpha value is -1.78. The number of nitrogens with one attached hydrogen (secondary N) is 2. The van der Waals surface area contributed by atoms with Crippen molar-refractivity contribution in [1.29, 1.82) is 0 Å². The van der Waals surface area contributed by atoms with Gasteiger partial charge in [0.25, 0.3) is 0 Å². The number of carbonyl (C=O) groups excluding carboxylic acids is 1. The van der Waals surface area contributed by atoms with Crippen LogP contribution in [0.5, 0.6) is 0 Å². The van der Waals surface area contributed by atoms with Crippen molar-refractivity contribution >= 4 is 23.0 Å². The first-order valence-corrected chi connectivity index (χ1v) is 4.24. The summed E-state index contributed by atoms with van der Waals surface area (Å²) in [6, 6.07) is 2.36. The highest BCUT2D eigenvalue weighted by Crippen LogP contribution is 2.30. The maximum atomic E-state index is 13.0. The Morgan fingerprint density at radius 3 is 2.86 bits per heavy atom. The van der Waals surface area contributed by atoms with Crippen LogP contribution in [0.25, 0.3) is 0 Å². The minimum atomic E-state index is -0.527. The summed E-state index contributed by atoms with van der Waals surface area (Å²) in [7, 11) is 0. The summed E-state index contributed by atoms with van der Waals surface area (Å²) in [5.74, 6) is -0.706. The molecule has 1 aromatic carbocycles. The lowest BCUT2D eigenvalue weighted by molar-refractivity contribution is -0.116. The zero-order valence-corrected chi connectivity index (χ0v) is 7.60. The lowest BCUT2D eigenvalue weighted by atomic mass is 10.1. The smallest absolute Gasteiger partial charge is 0.246 e. The highest BCUT2D eigenvalue weighted by molar-refractivity contribution is 6.03. The molecule has 0 bridgehead atoms. The molecule has 1 aromatic rings. The molecule has 1 amide bonds. The number of amides is 1. The zero-order chi connectivity index (χ0) is 10.3. The van der Waals surface area contributed by atoms with Gasteiger partial charge in [-0.25, -0.2) is 4.39 Å². The fraction of sp³-hybridized carbons (Fsp3) is 0.222. The third-order valence-electron chi connectivity index (χ3n) is 2.16. The summed E-state index contributed by atoms with van der Waals surface area (Å²) in [6.07, 6.45) is 0. The molecule has 5 heteroatoms. The van der Waals surface area contributed by atoms with Crippen molar-refractivity contribution in [3.63, 3.8) is 0 Å². The maximum absolute atomic E-state index is 13.0. The topological polar surface area (TPSA) is 67.2 Å². The number of halogens is 1. The van der Waals surface area contributed by atoms with Crippen LogP contribution in [0.4, 0.5) is 21.5 Å². The number of carbonyl (C=O) groups is 1. The summed E-state index contributed by atoms with van der Waals surface area (Å²) in [5.41, 5.74) is 6.54. The van der Waals surface area contributed by atoms with Gasteiger partial charge >= 0.3 is 0 Å². The normalized spacial score (nSPS) is 19.6. The van der Waals surface area contributed by atoms with E-state index in [2.05, 4.69) is 10.6 Å². The van der Waals surface area contributed by atoms with E-state index >= 15 is 0 Å². The molecule has 1 aliphatic heterocycles. The summed E-state index contributed by atoms with van der Waals surface area (Å²) in [6.45, 7) is 1.72. The van der Waals surface area contributed by atoms with Crippen molar-refractivity contribution in [2.75, 3.05) is 16.4 Å². The van der Waals surface area contributed by atoms with Crippen molar-refractivity contribution < 1.29 is 9.18 Å². The van der Waals surface area contributed by atoms with Gasteiger partial charge in [-0.3, -0.25) is 4.79 Å². The number of anilines is 3. The molecule has 0 aromatic heterocycles. The highest BCUT2D eigenvalue weighted by atomic mass is 19.1. The molecule has 0 saturated heterocycles. The van der Waals surface area contributed by atoms with Crippen molar-refractivity contribution in [2.45, 2.75) is 13.0 Å². The molecule has 0 radical (unpaired) electrons. The van der Waals surface area contributed by atoms with Crippen LogP contribution >= 0.6 is 0 Å². The molecule has 1 aliphatic rings. The van der Waals surface area contributed by atoms with Crippen LogP contribution in [0.15, 0.2) is 12.1 Å². The molecule has 4 N–H and O–H groups in total. The Kier molecular flexibility index (Phi) is 1.80. The van der Waals surface area contributed by atoms with Crippen LogP contribution in [0, 0.1) is 5.82 Å². The lowest BCUT2D eigenvalue weighted by Crippen LogP contribution is -2.36. The van der Waals surface area contributed by atoms with Crippen LogP contribution in [-0.2, 0) is 4.79 Å². The van der Waals surface area contributed by atoms with E-state index in [1.54, 1.807) is 6.92 Å². The van der Waals surface area contributed by atoms with Crippen molar-refractivity contribution in [1.82, 2.24) is 0 Å². The van der Waals surface area contributed by atoms with Gasteiger partial charge in [-0.2, -0.15) is 0 Å². The van der Waals surface area contributed by atoms with E-state index in [9.17, 15) is 9.18 Å². The molecule has 14 heavy (non-hydrogen) atoms. The van der Waals surface area contributed by atoms with Gasteiger partial charge in [0.15, 0.2) is 0 Å². The first kappa shape index (κ1) is 8.80. The Bertz CT molecular complexity index is 405. The second kappa shape index (κ2) is 2.87. The minimum Gasteiger partial charge on any atom is -0.396 e. The average molecular weight is 195 g/mol. The molecule has 74 valence electrons. The van der Waals surface area contributed by atoms with E-state index in [1.165, 1.54) is 12.1 Å². The van der Waals surface area contributed by atoms with Gasteiger partial charge in [0.2, 0.25) is 5.91 Å². The zero-order valence-electron chi connectivity index (χ0n) is 7.60. The monoisotopic (exact) mass is 195 g/mol. The van der Waals surface area contributed by atoms with Crippen LogP contribution < -0.4 is 16.4 Å². The molecule has 1 heterocycles. The predicted octanol–water partition coefficient (Wildman–Crippen LogP) is 1.16. The number of nitrogen functional groups attached to an aromatic ring is 1. The molecule has 2 rings (SSSR count). The molecule has 0 saturated carbocycles. The van der Waals surface area contributed by atoms with Crippen molar-refractivity contribution in [3.05, 3.63) is 17.9 Å². The number of rotatable bonds is 0. The second-order valence-corrected chi connectivity index (χ2v) is 3.27. The Labute approximate surface area is 80.3 Å². The summed E-state index contributed by atoms with van der Waals surface area (Å²) < 4.78 is 13.0.